The Hall–Kier alpha value is 0.0169. The van der Waals surface area contributed by atoms with E-state index in [-0.39, 0.29) is 5.54 Å². The zero-order chi connectivity index (χ0) is 17.4. The van der Waals surface area contributed by atoms with E-state index < -0.39 is 8.80 Å². The first-order chi connectivity index (χ1) is 11.2. The quantitative estimate of drug-likeness (QED) is 0.311. The smallest absolute Gasteiger partial charge is 0.373 e. The highest BCUT2D eigenvalue weighted by Gasteiger charge is 2.48. The first-order valence-corrected chi connectivity index (χ1v) is 11.3. The molecule has 0 atom stereocenters. The number of hydrogen-bond donors (Lipinski definition) is 2. The molecule has 23 heavy (non-hydrogen) atoms. The summed E-state index contributed by atoms with van der Waals surface area (Å²) in [4.78, 5) is 0. The topological polar surface area (TPSA) is 79.7 Å². The van der Waals surface area contributed by atoms with Gasteiger partial charge in [0.2, 0.25) is 0 Å². The SMILES string of the molecule is CCCCO[Si](OCCCC)(OCCCC)C(CCN)CCN. The van der Waals surface area contributed by atoms with E-state index in [2.05, 4.69) is 20.8 Å². The van der Waals surface area contributed by atoms with E-state index in [1.54, 1.807) is 0 Å². The molecule has 0 bridgehead atoms. The van der Waals surface area contributed by atoms with E-state index in [4.69, 9.17) is 24.7 Å². The van der Waals surface area contributed by atoms with Crippen LogP contribution in [-0.4, -0.2) is 41.7 Å². The van der Waals surface area contributed by atoms with E-state index in [1.165, 1.54) is 0 Å². The first-order valence-electron chi connectivity index (χ1n) is 9.52. The van der Waals surface area contributed by atoms with Crippen molar-refractivity contribution in [3.63, 3.8) is 0 Å². The Kier molecular flexibility index (Phi) is 15.6. The van der Waals surface area contributed by atoms with Crippen molar-refractivity contribution in [3.8, 4) is 0 Å². The molecule has 0 aliphatic carbocycles. The molecule has 140 valence electrons. The predicted octanol–water partition coefficient (Wildman–Crippen LogP) is 3.44. The van der Waals surface area contributed by atoms with Crippen LogP contribution < -0.4 is 11.5 Å². The third-order valence-corrected chi connectivity index (χ3v) is 7.33. The second-order valence-corrected chi connectivity index (χ2v) is 8.95. The van der Waals surface area contributed by atoms with Gasteiger partial charge in [-0.1, -0.05) is 40.0 Å². The molecule has 0 saturated heterocycles. The molecule has 0 spiro atoms. The Bertz CT molecular complexity index is 225. The largest absolute Gasteiger partial charge is 0.504 e. The van der Waals surface area contributed by atoms with E-state index >= 15 is 0 Å². The molecule has 0 aromatic rings. The maximum atomic E-state index is 6.31. The molecule has 6 heteroatoms. The molecule has 0 aromatic heterocycles. The predicted molar refractivity (Wildman–Crippen MR) is 99.4 cm³/mol. The van der Waals surface area contributed by atoms with Crippen LogP contribution >= 0.6 is 0 Å². The normalized spacial score (nSPS) is 12.3. The van der Waals surface area contributed by atoms with Crippen molar-refractivity contribution in [2.75, 3.05) is 32.9 Å². The number of hydrogen-bond acceptors (Lipinski definition) is 5. The maximum absolute atomic E-state index is 6.31. The fourth-order valence-electron chi connectivity index (χ4n) is 2.46. The lowest BCUT2D eigenvalue weighted by atomic mass is 10.2. The molecule has 0 aliphatic rings. The molecular weight excluding hydrogens is 308 g/mol. The van der Waals surface area contributed by atoms with Crippen LogP contribution in [-0.2, 0) is 13.3 Å². The molecule has 0 fully saturated rings. The molecule has 0 unspecified atom stereocenters. The van der Waals surface area contributed by atoms with Gasteiger partial charge in [-0.15, -0.1) is 0 Å². The Morgan fingerprint density at radius 1 is 0.696 bits per heavy atom. The molecule has 0 aromatic carbocycles. The minimum absolute atomic E-state index is 0.211. The summed E-state index contributed by atoms with van der Waals surface area (Å²) >= 11 is 0. The molecular formula is C17H40N2O3Si. The van der Waals surface area contributed by atoms with Gasteiger partial charge in [0.15, 0.2) is 0 Å². The van der Waals surface area contributed by atoms with E-state index in [0.717, 1.165) is 51.4 Å². The summed E-state index contributed by atoms with van der Waals surface area (Å²) in [5.41, 5.74) is 11.9. The van der Waals surface area contributed by atoms with Crippen LogP contribution in [0.15, 0.2) is 0 Å². The minimum Gasteiger partial charge on any atom is -0.373 e. The zero-order valence-electron chi connectivity index (χ0n) is 15.6. The second kappa shape index (κ2) is 15.5. The first kappa shape index (κ1) is 23.0. The standard InChI is InChI=1S/C17H40N2O3Si/c1-4-7-14-20-23(21-15-8-5-2,22-16-9-6-3)17(10-12-18)11-13-19/h17H,4-16,18-19H2,1-3H3. The summed E-state index contributed by atoms with van der Waals surface area (Å²) in [6, 6.07) is 0. The lowest BCUT2D eigenvalue weighted by Crippen LogP contribution is -2.52. The van der Waals surface area contributed by atoms with Gasteiger partial charge in [0.1, 0.15) is 0 Å². The van der Waals surface area contributed by atoms with Crippen molar-refractivity contribution in [2.24, 2.45) is 11.5 Å². The summed E-state index contributed by atoms with van der Waals surface area (Å²) < 4.78 is 18.9. The van der Waals surface area contributed by atoms with E-state index in [1.807, 2.05) is 0 Å². The van der Waals surface area contributed by atoms with Gasteiger partial charge in [0.25, 0.3) is 0 Å². The molecule has 0 radical (unpaired) electrons. The zero-order valence-corrected chi connectivity index (χ0v) is 16.6. The van der Waals surface area contributed by atoms with Crippen LogP contribution in [0.4, 0.5) is 0 Å². The van der Waals surface area contributed by atoms with Crippen LogP contribution in [0, 0.1) is 0 Å². The highest BCUT2D eigenvalue weighted by Crippen LogP contribution is 2.32. The third-order valence-electron chi connectivity index (χ3n) is 3.93. The van der Waals surface area contributed by atoms with Crippen LogP contribution in [0.3, 0.4) is 0 Å². The molecule has 0 saturated carbocycles. The van der Waals surface area contributed by atoms with Crippen LogP contribution in [0.25, 0.3) is 0 Å². The van der Waals surface area contributed by atoms with Gasteiger partial charge in [-0.2, -0.15) is 0 Å². The molecule has 0 heterocycles. The minimum atomic E-state index is -2.74. The summed E-state index contributed by atoms with van der Waals surface area (Å²) in [7, 11) is -2.74. The maximum Gasteiger partial charge on any atom is 0.504 e. The molecule has 0 aliphatic heterocycles. The highest BCUT2D eigenvalue weighted by molar-refractivity contribution is 6.62. The second-order valence-electron chi connectivity index (χ2n) is 6.06. The summed E-state index contributed by atoms with van der Waals surface area (Å²) in [5.74, 6) is 0. The van der Waals surface area contributed by atoms with Gasteiger partial charge in [-0.3, -0.25) is 0 Å². The van der Waals surface area contributed by atoms with E-state index in [0.29, 0.717) is 32.9 Å². The highest BCUT2D eigenvalue weighted by atomic mass is 28.4. The van der Waals surface area contributed by atoms with Crippen molar-refractivity contribution in [3.05, 3.63) is 0 Å². The summed E-state index contributed by atoms with van der Waals surface area (Å²) in [6.45, 7) is 9.83. The Morgan fingerprint density at radius 3 is 1.30 bits per heavy atom. The fraction of sp³-hybridized carbons (Fsp3) is 1.00. The van der Waals surface area contributed by atoms with Gasteiger partial charge >= 0.3 is 8.80 Å². The van der Waals surface area contributed by atoms with Gasteiger partial charge in [-0.25, -0.2) is 0 Å². The fourth-order valence-corrected chi connectivity index (χ4v) is 5.74. The number of unbranched alkanes of at least 4 members (excludes halogenated alkanes) is 3. The number of rotatable bonds is 17. The van der Waals surface area contributed by atoms with Crippen molar-refractivity contribution >= 4 is 8.80 Å². The summed E-state index contributed by atoms with van der Waals surface area (Å²) in [5, 5.41) is 0. The van der Waals surface area contributed by atoms with Crippen molar-refractivity contribution in [1.82, 2.24) is 0 Å². The lowest BCUT2D eigenvalue weighted by Gasteiger charge is -2.36. The van der Waals surface area contributed by atoms with Crippen LogP contribution in [0.5, 0.6) is 0 Å². The van der Waals surface area contributed by atoms with Crippen molar-refractivity contribution in [1.29, 1.82) is 0 Å². The monoisotopic (exact) mass is 348 g/mol. The summed E-state index contributed by atoms with van der Waals surface area (Å²) in [6.07, 6.45) is 8.11. The van der Waals surface area contributed by atoms with Crippen molar-refractivity contribution in [2.45, 2.75) is 77.7 Å². The molecule has 5 nitrogen and oxygen atoms in total. The van der Waals surface area contributed by atoms with Crippen molar-refractivity contribution < 1.29 is 13.3 Å². The van der Waals surface area contributed by atoms with Gasteiger partial charge in [0, 0.05) is 25.4 Å². The van der Waals surface area contributed by atoms with E-state index in [9.17, 15) is 0 Å². The van der Waals surface area contributed by atoms with Gasteiger partial charge in [0.05, 0.1) is 0 Å². The Labute approximate surface area is 144 Å². The Morgan fingerprint density at radius 2 is 1.04 bits per heavy atom. The molecule has 0 amide bonds. The van der Waals surface area contributed by atoms with Crippen LogP contribution in [0.2, 0.25) is 5.54 Å². The van der Waals surface area contributed by atoms with Crippen LogP contribution in [0.1, 0.15) is 72.1 Å². The lowest BCUT2D eigenvalue weighted by molar-refractivity contribution is 0.0449. The third kappa shape index (κ3) is 9.79. The van der Waals surface area contributed by atoms with Gasteiger partial charge < -0.3 is 24.7 Å². The molecule has 0 rings (SSSR count). The Balaban J connectivity index is 5.10. The number of nitrogens with two attached hydrogens (primary N) is 2. The average Bonchev–Trinajstić information content (AvgIpc) is 2.55. The molecule has 4 N–H and O–H groups in total. The average molecular weight is 349 g/mol. The van der Waals surface area contributed by atoms with Gasteiger partial charge in [-0.05, 0) is 45.2 Å².